The average molecular weight is 368 g/mol. The standard InChI is InChI=1S/C20H32O6/c1-9-10-5-6-11-15(23)19(10,8-18(11,4)25)7-12(21)20(26)13(9)14(22)16(24)17(20,2)3/h10-16,21-26H,1,5-8H2,2-4H3/t10-,11+,12+,13+,14+,15+,16-,18+,19-,20+/m0/s1. The Balaban J connectivity index is 1.88. The van der Waals surface area contributed by atoms with Gasteiger partial charge in [-0.1, -0.05) is 26.0 Å². The Labute approximate surface area is 154 Å². The average Bonchev–Trinajstić information content (AvgIpc) is 2.70. The number of hydrogen-bond acceptors (Lipinski definition) is 6. The first-order chi connectivity index (χ1) is 11.8. The van der Waals surface area contributed by atoms with Crippen LogP contribution in [-0.4, -0.2) is 66.3 Å². The fourth-order valence-electron chi connectivity index (χ4n) is 7.34. The molecule has 4 saturated carbocycles. The molecule has 6 N–H and O–H groups in total. The molecule has 4 rings (SSSR count). The lowest BCUT2D eigenvalue weighted by atomic mass is 9.61. The van der Waals surface area contributed by atoms with Gasteiger partial charge in [-0.2, -0.15) is 0 Å². The summed E-state index contributed by atoms with van der Waals surface area (Å²) >= 11 is 0. The molecule has 0 radical (unpaired) electrons. The highest BCUT2D eigenvalue weighted by atomic mass is 16.4. The number of rotatable bonds is 0. The van der Waals surface area contributed by atoms with Gasteiger partial charge in [-0.15, -0.1) is 0 Å². The molecule has 148 valence electrons. The van der Waals surface area contributed by atoms with Crippen molar-refractivity contribution >= 4 is 0 Å². The minimum Gasteiger partial charge on any atom is -0.392 e. The van der Waals surface area contributed by atoms with Gasteiger partial charge in [-0.05, 0) is 38.5 Å². The molecular weight excluding hydrogens is 336 g/mol. The molecule has 0 aromatic rings. The van der Waals surface area contributed by atoms with Crippen molar-refractivity contribution in [3.05, 3.63) is 12.2 Å². The van der Waals surface area contributed by atoms with E-state index in [1.54, 1.807) is 20.8 Å². The van der Waals surface area contributed by atoms with Crippen LogP contribution in [0.25, 0.3) is 0 Å². The molecule has 0 aromatic carbocycles. The van der Waals surface area contributed by atoms with E-state index in [0.29, 0.717) is 24.8 Å². The molecule has 10 atom stereocenters. The van der Waals surface area contributed by atoms with E-state index in [4.69, 9.17) is 0 Å². The molecule has 4 aliphatic carbocycles. The molecule has 0 unspecified atom stereocenters. The number of aliphatic hydroxyl groups is 6. The quantitative estimate of drug-likeness (QED) is 0.333. The maximum atomic E-state index is 11.6. The lowest BCUT2D eigenvalue weighted by Gasteiger charge is -2.46. The monoisotopic (exact) mass is 368 g/mol. The highest BCUT2D eigenvalue weighted by molar-refractivity contribution is 5.33. The summed E-state index contributed by atoms with van der Waals surface area (Å²) in [6, 6.07) is 0. The van der Waals surface area contributed by atoms with E-state index in [0.717, 1.165) is 0 Å². The lowest BCUT2D eigenvalue weighted by Crippen LogP contribution is -2.57. The maximum absolute atomic E-state index is 11.6. The van der Waals surface area contributed by atoms with Crippen molar-refractivity contribution in [2.24, 2.45) is 28.6 Å². The number of aliphatic hydroxyl groups excluding tert-OH is 4. The summed E-state index contributed by atoms with van der Waals surface area (Å²) in [5, 5.41) is 66.0. The van der Waals surface area contributed by atoms with Crippen molar-refractivity contribution < 1.29 is 30.6 Å². The van der Waals surface area contributed by atoms with Gasteiger partial charge < -0.3 is 30.6 Å². The van der Waals surface area contributed by atoms with Gasteiger partial charge in [0.15, 0.2) is 0 Å². The first kappa shape index (κ1) is 18.8. The van der Waals surface area contributed by atoms with Crippen LogP contribution < -0.4 is 0 Å². The Morgan fingerprint density at radius 2 is 1.58 bits per heavy atom. The molecule has 0 aliphatic heterocycles. The molecule has 6 heteroatoms. The van der Waals surface area contributed by atoms with Crippen molar-refractivity contribution in [2.45, 2.75) is 82.1 Å². The second kappa shape index (κ2) is 5.10. The minimum atomic E-state index is -1.75. The molecule has 6 nitrogen and oxygen atoms in total. The summed E-state index contributed by atoms with van der Waals surface area (Å²) in [6.07, 6.45) is -2.72. The summed E-state index contributed by atoms with van der Waals surface area (Å²) in [5.74, 6) is -1.37. The van der Waals surface area contributed by atoms with Crippen LogP contribution in [0.1, 0.15) is 46.5 Å². The third kappa shape index (κ3) is 1.84. The van der Waals surface area contributed by atoms with Gasteiger partial charge in [0.05, 0.1) is 30.0 Å². The van der Waals surface area contributed by atoms with E-state index in [1.165, 1.54) is 0 Å². The first-order valence-electron chi connectivity index (χ1n) is 9.68. The van der Waals surface area contributed by atoms with E-state index < -0.39 is 52.4 Å². The summed E-state index contributed by atoms with van der Waals surface area (Å²) in [6.45, 7) is 9.22. The zero-order valence-electron chi connectivity index (χ0n) is 15.8. The Morgan fingerprint density at radius 3 is 2.19 bits per heavy atom. The minimum absolute atomic E-state index is 0.111. The SMILES string of the molecule is C=C1[C@@H]2[C@@H](O)[C@H](O)C(C)(C)[C@@]2(O)[C@H](O)C[C@]23C[C@@](C)(O)[C@H](CC[C@@H]12)[C@H]3O. The molecule has 4 fully saturated rings. The molecule has 0 saturated heterocycles. The van der Waals surface area contributed by atoms with Crippen LogP contribution in [0.3, 0.4) is 0 Å². The zero-order chi connectivity index (χ0) is 19.4. The smallest absolute Gasteiger partial charge is 0.107 e. The maximum Gasteiger partial charge on any atom is 0.107 e. The van der Waals surface area contributed by atoms with Crippen LogP contribution in [0.5, 0.6) is 0 Å². The van der Waals surface area contributed by atoms with Gasteiger partial charge >= 0.3 is 0 Å². The van der Waals surface area contributed by atoms with Crippen LogP contribution in [0.2, 0.25) is 0 Å². The molecule has 1 spiro atoms. The Hall–Kier alpha value is -0.500. The molecule has 0 amide bonds. The Kier molecular flexibility index (Phi) is 3.70. The summed E-state index contributed by atoms with van der Waals surface area (Å²) in [7, 11) is 0. The van der Waals surface area contributed by atoms with Gasteiger partial charge in [0, 0.05) is 22.7 Å². The molecule has 2 bridgehead atoms. The third-order valence-corrected chi connectivity index (χ3v) is 8.76. The van der Waals surface area contributed by atoms with Crippen molar-refractivity contribution in [2.75, 3.05) is 0 Å². The highest BCUT2D eigenvalue weighted by Gasteiger charge is 2.74. The fourth-order valence-corrected chi connectivity index (χ4v) is 7.34. The van der Waals surface area contributed by atoms with E-state index in [-0.39, 0.29) is 18.3 Å². The van der Waals surface area contributed by atoms with E-state index >= 15 is 0 Å². The Bertz CT molecular complexity index is 644. The van der Waals surface area contributed by atoms with Gasteiger partial charge in [-0.3, -0.25) is 0 Å². The van der Waals surface area contributed by atoms with Crippen LogP contribution in [-0.2, 0) is 0 Å². The Morgan fingerprint density at radius 1 is 0.962 bits per heavy atom. The topological polar surface area (TPSA) is 121 Å². The number of fused-ring (bicyclic) bond motifs is 2. The normalized spacial score (nSPS) is 61.1. The van der Waals surface area contributed by atoms with E-state index in [1.807, 2.05) is 0 Å². The van der Waals surface area contributed by atoms with Crippen molar-refractivity contribution in [1.29, 1.82) is 0 Å². The van der Waals surface area contributed by atoms with Crippen molar-refractivity contribution in [3.8, 4) is 0 Å². The first-order valence-corrected chi connectivity index (χ1v) is 9.68. The lowest BCUT2D eigenvalue weighted by molar-refractivity contribution is -0.174. The zero-order valence-corrected chi connectivity index (χ0v) is 15.8. The van der Waals surface area contributed by atoms with Gasteiger partial charge in [0.1, 0.15) is 5.60 Å². The van der Waals surface area contributed by atoms with E-state index in [9.17, 15) is 30.6 Å². The largest absolute Gasteiger partial charge is 0.392 e. The van der Waals surface area contributed by atoms with Crippen molar-refractivity contribution in [1.82, 2.24) is 0 Å². The molecule has 0 aromatic heterocycles. The number of hydrogen-bond donors (Lipinski definition) is 6. The van der Waals surface area contributed by atoms with Gasteiger partial charge in [0.2, 0.25) is 0 Å². The molecule has 26 heavy (non-hydrogen) atoms. The summed E-state index contributed by atoms with van der Waals surface area (Å²) in [4.78, 5) is 0. The van der Waals surface area contributed by atoms with Crippen LogP contribution in [0, 0.1) is 28.6 Å². The second-order valence-corrected chi connectivity index (χ2v) is 10.2. The molecule has 0 heterocycles. The third-order valence-electron chi connectivity index (χ3n) is 8.76. The van der Waals surface area contributed by atoms with E-state index in [2.05, 4.69) is 6.58 Å². The predicted octanol–water partition coefficient (Wildman–Crippen LogP) is -0.0557. The molecule has 4 aliphatic rings. The van der Waals surface area contributed by atoms with Crippen LogP contribution >= 0.6 is 0 Å². The van der Waals surface area contributed by atoms with Gasteiger partial charge in [0.25, 0.3) is 0 Å². The van der Waals surface area contributed by atoms with Crippen molar-refractivity contribution in [3.63, 3.8) is 0 Å². The summed E-state index contributed by atoms with van der Waals surface area (Å²) < 4.78 is 0. The predicted molar refractivity (Wildman–Crippen MR) is 93.9 cm³/mol. The second-order valence-electron chi connectivity index (χ2n) is 10.2. The summed E-state index contributed by atoms with van der Waals surface area (Å²) in [5.41, 5.74) is -4.13. The fraction of sp³-hybridized carbons (Fsp3) is 0.900. The van der Waals surface area contributed by atoms with Crippen LogP contribution in [0.4, 0.5) is 0 Å². The molecular formula is C20H32O6. The van der Waals surface area contributed by atoms with Gasteiger partial charge in [-0.25, -0.2) is 0 Å². The van der Waals surface area contributed by atoms with Crippen LogP contribution in [0.15, 0.2) is 12.2 Å². The highest BCUT2D eigenvalue weighted by Crippen LogP contribution is 2.68.